The molecular formula is C48H48N10O12S6. The number of pyridine rings is 1. The van der Waals surface area contributed by atoms with Crippen LogP contribution >= 0.6 is 22.7 Å². The third-order valence-electron chi connectivity index (χ3n) is 12.2. The molecule has 0 fully saturated rings. The average Bonchev–Trinajstić information content (AvgIpc) is 4.05. The predicted octanol–water partition coefficient (Wildman–Crippen LogP) is 10.9. The first-order valence-corrected chi connectivity index (χ1v) is 30.2. The van der Waals surface area contributed by atoms with Crippen molar-refractivity contribution in [1.29, 1.82) is 5.26 Å². The number of rotatable bonds is 14. The number of nitriles is 1. The van der Waals surface area contributed by atoms with Crippen molar-refractivity contribution in [2.24, 2.45) is 10.2 Å². The van der Waals surface area contributed by atoms with Gasteiger partial charge in [0, 0.05) is 11.1 Å². The van der Waals surface area contributed by atoms with Gasteiger partial charge in [-0.15, -0.1) is 10.2 Å². The Morgan fingerprint density at radius 3 is 1.74 bits per heavy atom. The number of aromatic nitrogens is 5. The van der Waals surface area contributed by atoms with E-state index in [4.69, 9.17) is 20.2 Å². The van der Waals surface area contributed by atoms with Crippen LogP contribution in [0.5, 0.6) is 0 Å². The molecule has 0 amide bonds. The third-order valence-corrected chi connectivity index (χ3v) is 18.0. The van der Waals surface area contributed by atoms with Crippen LogP contribution in [0, 0.1) is 45.9 Å². The van der Waals surface area contributed by atoms with Crippen LogP contribution in [-0.4, -0.2) is 76.6 Å². The fraction of sp³-hybridized carbons (Fsp3) is 0.271. The van der Waals surface area contributed by atoms with Gasteiger partial charge in [0.2, 0.25) is 5.13 Å². The van der Waals surface area contributed by atoms with E-state index in [1.165, 1.54) is 59.8 Å². The first kappa shape index (κ1) is 55.6. The second-order valence-corrected chi connectivity index (χ2v) is 26.3. The molecule has 76 heavy (non-hydrogen) atoms. The summed E-state index contributed by atoms with van der Waals surface area (Å²) in [4.78, 5) is 14.6. The quantitative estimate of drug-likeness (QED) is 0.0499. The summed E-state index contributed by atoms with van der Waals surface area (Å²) in [6.45, 7) is 17.0. The van der Waals surface area contributed by atoms with E-state index in [0.717, 1.165) is 22.7 Å². The van der Waals surface area contributed by atoms with Gasteiger partial charge in [0.05, 0.1) is 41.6 Å². The van der Waals surface area contributed by atoms with E-state index in [9.17, 15) is 57.1 Å². The monoisotopic (exact) mass is 1150 g/mol. The minimum atomic E-state index is -4.88. The van der Waals surface area contributed by atoms with E-state index in [-0.39, 0.29) is 106 Å². The molecule has 5 N–H and O–H groups in total. The highest BCUT2D eigenvalue weighted by atomic mass is 32.2. The van der Waals surface area contributed by atoms with E-state index in [0.29, 0.717) is 37.3 Å². The second kappa shape index (κ2) is 19.7. The number of hydrogen-bond donors (Lipinski definition) is 5. The molecule has 0 atom stereocenters. The lowest BCUT2D eigenvalue weighted by molar-refractivity contribution is 0.479. The molecule has 8 rings (SSSR count). The fourth-order valence-electron chi connectivity index (χ4n) is 9.02. The number of benzene rings is 4. The highest BCUT2D eigenvalue weighted by Gasteiger charge is 2.33. The zero-order chi connectivity index (χ0) is 55.9. The minimum absolute atomic E-state index is 0.00191. The van der Waals surface area contributed by atoms with Gasteiger partial charge in [-0.3, -0.25) is 23.1 Å². The summed E-state index contributed by atoms with van der Waals surface area (Å²) in [6, 6.07) is 14.5. The van der Waals surface area contributed by atoms with Crippen molar-refractivity contribution in [3.8, 4) is 11.2 Å². The topological polar surface area (TPSA) is 338 Å². The van der Waals surface area contributed by atoms with E-state index in [1.54, 1.807) is 52.8 Å². The molecule has 0 unspecified atom stereocenters. The average molecular weight is 1150 g/mol. The molecule has 0 saturated heterocycles. The number of hydrogen-bond acceptors (Lipinski definition) is 19. The Labute approximate surface area is 445 Å². The summed E-state index contributed by atoms with van der Waals surface area (Å²) >= 11 is 1.96. The van der Waals surface area contributed by atoms with Crippen molar-refractivity contribution in [2.45, 2.75) is 107 Å². The summed E-state index contributed by atoms with van der Waals surface area (Å²) in [5.74, 6) is -0.172. The number of azo groups is 1. The van der Waals surface area contributed by atoms with E-state index in [1.807, 2.05) is 20.8 Å². The molecule has 8 aromatic rings. The summed E-state index contributed by atoms with van der Waals surface area (Å²) in [5, 5.41) is 28.4. The molecule has 4 aromatic heterocycles. The number of fused-ring (bicyclic) bond motifs is 2. The Bertz CT molecular complexity index is 4310. The maximum atomic E-state index is 13.2. The molecule has 0 aliphatic rings. The smallest absolute Gasteiger partial charge is 0.295 e. The van der Waals surface area contributed by atoms with Crippen LogP contribution < -0.4 is 10.2 Å². The molecule has 28 heteroatoms. The first-order valence-electron chi connectivity index (χ1n) is 22.8. The Hall–Kier alpha value is -6.65. The maximum absolute atomic E-state index is 13.2. The van der Waals surface area contributed by atoms with Crippen LogP contribution in [0.25, 0.3) is 25.6 Å². The number of thiazole rings is 2. The second-order valence-electron chi connectivity index (χ2n) is 18.7. The largest absolute Gasteiger partial charge is 0.338 e. The van der Waals surface area contributed by atoms with Crippen molar-refractivity contribution in [1.82, 2.24) is 24.7 Å². The van der Waals surface area contributed by atoms with Crippen molar-refractivity contribution in [3.63, 3.8) is 0 Å². The van der Waals surface area contributed by atoms with Gasteiger partial charge >= 0.3 is 0 Å². The zero-order valence-corrected chi connectivity index (χ0v) is 47.0. The molecule has 0 aliphatic carbocycles. The van der Waals surface area contributed by atoms with E-state index >= 15 is 0 Å². The highest BCUT2D eigenvalue weighted by Crippen LogP contribution is 2.48. The number of aryl methyl sites for hydroxylation is 5. The Kier molecular flexibility index (Phi) is 14.4. The molecule has 4 heterocycles. The number of nitrogens with zero attached hydrogens (tertiary/aromatic N) is 9. The van der Waals surface area contributed by atoms with Crippen molar-refractivity contribution in [3.05, 3.63) is 105 Å². The molecule has 0 aliphatic heterocycles. The lowest BCUT2D eigenvalue weighted by atomic mass is 9.90. The van der Waals surface area contributed by atoms with Crippen LogP contribution in [0.3, 0.4) is 0 Å². The molecule has 398 valence electrons. The van der Waals surface area contributed by atoms with Gasteiger partial charge in [0.15, 0.2) is 16.8 Å². The van der Waals surface area contributed by atoms with Crippen LogP contribution in [-0.2, 0) is 58.7 Å². The number of nitrogens with one attached hydrogen (secondary N) is 1. The lowest BCUT2D eigenvalue weighted by Gasteiger charge is -2.28. The Morgan fingerprint density at radius 2 is 1.21 bits per heavy atom. The number of anilines is 5. The highest BCUT2D eigenvalue weighted by molar-refractivity contribution is 7.86. The van der Waals surface area contributed by atoms with Gasteiger partial charge in [-0.05, 0) is 129 Å². The predicted molar refractivity (Wildman–Crippen MR) is 288 cm³/mol. The van der Waals surface area contributed by atoms with Crippen LogP contribution in [0.4, 0.5) is 39.6 Å². The molecule has 0 bridgehead atoms. The molecule has 0 spiro atoms. The summed E-state index contributed by atoms with van der Waals surface area (Å²) in [7, 11) is -19.0. The Morgan fingerprint density at radius 1 is 0.671 bits per heavy atom. The van der Waals surface area contributed by atoms with Gasteiger partial charge in [0.1, 0.15) is 32.9 Å². The first-order chi connectivity index (χ1) is 35.3. The van der Waals surface area contributed by atoms with Crippen LogP contribution in [0.1, 0.15) is 84.8 Å². The SMILES string of the molecule is CCc1c(Nc2nc(N(c3nc4ccc(S(=O)(=O)O)cc4s3)c3c(C)cc(C)c(S(=O)(=O)O)c3CC)cc(C)c2N=Nc2c(C#N)c(C(C)(C)C)nn2-c2nc3ccc(S(=O)(=O)O)cc3s2)c(C)cc(C)c1S(=O)(=O)O. The zero-order valence-electron chi connectivity index (χ0n) is 42.1. The summed E-state index contributed by atoms with van der Waals surface area (Å²) in [5.41, 5.74) is 2.73. The van der Waals surface area contributed by atoms with E-state index < -0.39 is 50.8 Å². The molecule has 0 saturated carbocycles. The normalized spacial score (nSPS) is 12.8. The van der Waals surface area contributed by atoms with Gasteiger partial charge < -0.3 is 5.32 Å². The summed E-state index contributed by atoms with van der Waals surface area (Å²) in [6.07, 6.45) is 0.119. The van der Waals surface area contributed by atoms with Crippen molar-refractivity contribution in [2.75, 3.05) is 10.2 Å². The molecule has 4 aromatic carbocycles. The van der Waals surface area contributed by atoms with Gasteiger partial charge in [-0.25, -0.2) is 15.0 Å². The molecule has 22 nitrogen and oxygen atoms in total. The van der Waals surface area contributed by atoms with Crippen LogP contribution in [0.2, 0.25) is 0 Å². The van der Waals surface area contributed by atoms with Crippen molar-refractivity contribution >= 4 is 123 Å². The van der Waals surface area contributed by atoms with Gasteiger partial charge in [-0.2, -0.15) is 48.7 Å². The molecular weight excluding hydrogens is 1100 g/mol. The fourth-order valence-corrected chi connectivity index (χ4v) is 14.2. The van der Waals surface area contributed by atoms with Gasteiger partial charge in [-0.1, -0.05) is 69.4 Å². The van der Waals surface area contributed by atoms with E-state index in [2.05, 4.69) is 21.5 Å². The van der Waals surface area contributed by atoms with Crippen LogP contribution in [0.15, 0.2) is 84.4 Å². The lowest BCUT2D eigenvalue weighted by Crippen LogP contribution is -2.18. The molecule has 0 radical (unpaired) electrons. The maximum Gasteiger partial charge on any atom is 0.295 e. The third kappa shape index (κ3) is 10.5. The summed E-state index contributed by atoms with van der Waals surface area (Å²) < 4.78 is 144. The van der Waals surface area contributed by atoms with Crippen molar-refractivity contribution < 1.29 is 51.9 Å². The van der Waals surface area contributed by atoms with Gasteiger partial charge in [0.25, 0.3) is 40.5 Å². The minimum Gasteiger partial charge on any atom is -0.338 e. The Balaban J connectivity index is 1.46. The standard InChI is InChI=1S/C48H48N10O12S6/c1-11-30-38(23(3)17-26(6)41(30)75(65,66)67)53-44-39(54-55-45-32(22-49)43(48(8,9)10)56-58(45)47-51-34-16-14-29(74(62,63)64)21-36(34)72-47)24(4)19-37(52-44)57(40-25(5)18-27(7)42(31(40)12-2)76(68,69)70)46-50-33-15-13-28(73(59,60)61)20-35(33)71-46/h13-21H,11-12H2,1-10H3,(H,52,53)(H,59,60,61)(H,62,63,64)(H,65,66,67)(H,68,69,70).